The van der Waals surface area contributed by atoms with Gasteiger partial charge in [-0.25, -0.2) is 9.97 Å². The van der Waals surface area contributed by atoms with E-state index < -0.39 is 5.60 Å². The molecular formula is C24H33N9O3. The molecule has 12 nitrogen and oxygen atoms in total. The normalized spacial score (nSPS) is 17.2. The molecule has 0 aromatic carbocycles. The SMILES string of the molecule is COc1cc(Nc2cc(N3CC4(CCN(C(C)=O)CC4)C3)nc(-c3cnn(CC(C)(C)O)c3)n2)[nH]n1. The topological polar surface area (TPSA) is 137 Å². The van der Waals surface area contributed by atoms with Crippen molar-refractivity contribution in [2.75, 3.05) is 43.5 Å². The van der Waals surface area contributed by atoms with Crippen LogP contribution in [0.3, 0.4) is 0 Å². The average Bonchev–Trinajstić information content (AvgIpc) is 3.45. The number of nitrogens with one attached hydrogen (secondary N) is 2. The maximum absolute atomic E-state index is 11.7. The van der Waals surface area contributed by atoms with Crippen molar-refractivity contribution < 1.29 is 14.6 Å². The minimum Gasteiger partial charge on any atom is -0.480 e. The van der Waals surface area contributed by atoms with Crippen LogP contribution in [0.25, 0.3) is 11.4 Å². The van der Waals surface area contributed by atoms with E-state index in [9.17, 15) is 9.90 Å². The number of ether oxygens (including phenoxy) is 1. The number of hydrogen-bond acceptors (Lipinski definition) is 9. The van der Waals surface area contributed by atoms with Gasteiger partial charge in [0, 0.05) is 56.8 Å². The third-order valence-electron chi connectivity index (χ3n) is 6.83. The van der Waals surface area contributed by atoms with Gasteiger partial charge in [0.15, 0.2) is 5.82 Å². The molecule has 0 saturated carbocycles. The predicted molar refractivity (Wildman–Crippen MR) is 134 cm³/mol. The third-order valence-corrected chi connectivity index (χ3v) is 6.83. The van der Waals surface area contributed by atoms with Crippen molar-refractivity contribution in [3.8, 4) is 17.3 Å². The van der Waals surface area contributed by atoms with Gasteiger partial charge in [-0.1, -0.05) is 0 Å². The van der Waals surface area contributed by atoms with Crippen molar-refractivity contribution >= 4 is 23.4 Å². The Morgan fingerprint density at radius 2 is 2.00 bits per heavy atom. The van der Waals surface area contributed by atoms with Crippen LogP contribution in [0.2, 0.25) is 0 Å². The summed E-state index contributed by atoms with van der Waals surface area (Å²) in [4.78, 5) is 25.5. The third kappa shape index (κ3) is 5.13. The Labute approximate surface area is 209 Å². The van der Waals surface area contributed by atoms with Crippen LogP contribution >= 0.6 is 0 Å². The van der Waals surface area contributed by atoms with E-state index in [0.29, 0.717) is 29.9 Å². The summed E-state index contributed by atoms with van der Waals surface area (Å²) in [6.07, 6.45) is 5.56. The number of carbonyl (C=O) groups is 1. The molecule has 0 aliphatic carbocycles. The first-order valence-electron chi connectivity index (χ1n) is 12.1. The number of anilines is 3. The van der Waals surface area contributed by atoms with Gasteiger partial charge < -0.3 is 25.0 Å². The van der Waals surface area contributed by atoms with Crippen LogP contribution in [-0.2, 0) is 11.3 Å². The Bertz CT molecular complexity index is 1230. The number of likely N-dealkylation sites (tertiary alicyclic amines) is 1. The highest BCUT2D eigenvalue weighted by Gasteiger charge is 2.45. The molecule has 5 heterocycles. The molecule has 3 aromatic rings. The second-order valence-electron chi connectivity index (χ2n) is 10.5. The molecule has 3 aromatic heterocycles. The molecule has 1 amide bonds. The standard InChI is InChI=1S/C24H33N9O3/c1-16(34)31-7-5-24(6-8-31)14-32(15-24)20-9-18(26-19-10-21(36-4)30-29-19)27-22(28-20)17-11-25-33(12-17)13-23(2,3)35/h9-12,35H,5-8,13-15H2,1-4H3,(H2,26,27,28,29,30). The van der Waals surface area contributed by atoms with Crippen molar-refractivity contribution in [3.63, 3.8) is 0 Å². The smallest absolute Gasteiger partial charge is 0.234 e. The lowest BCUT2D eigenvalue weighted by molar-refractivity contribution is -0.131. The average molecular weight is 496 g/mol. The van der Waals surface area contributed by atoms with Gasteiger partial charge in [-0.05, 0) is 26.7 Å². The lowest BCUT2D eigenvalue weighted by Crippen LogP contribution is -2.61. The highest BCUT2D eigenvalue weighted by Crippen LogP contribution is 2.42. The first kappa shape index (κ1) is 24.0. The Morgan fingerprint density at radius 1 is 1.25 bits per heavy atom. The number of nitrogens with zero attached hydrogens (tertiary/aromatic N) is 7. The Kier molecular flexibility index (Phi) is 6.07. The monoisotopic (exact) mass is 495 g/mol. The molecule has 3 N–H and O–H groups in total. The van der Waals surface area contributed by atoms with Gasteiger partial charge in [-0.3, -0.25) is 14.6 Å². The van der Waals surface area contributed by atoms with E-state index in [1.54, 1.807) is 44.8 Å². The van der Waals surface area contributed by atoms with Crippen molar-refractivity contribution in [2.45, 2.75) is 45.8 Å². The second-order valence-corrected chi connectivity index (χ2v) is 10.5. The van der Waals surface area contributed by atoms with Crippen LogP contribution in [-0.4, -0.2) is 84.7 Å². The molecule has 5 rings (SSSR count). The van der Waals surface area contributed by atoms with Crippen LogP contribution < -0.4 is 15.0 Å². The van der Waals surface area contributed by atoms with Crippen LogP contribution in [0, 0.1) is 5.41 Å². The molecule has 2 aliphatic heterocycles. The lowest BCUT2D eigenvalue weighted by Gasteiger charge is -2.54. The summed E-state index contributed by atoms with van der Waals surface area (Å²) in [5.74, 6) is 3.25. The van der Waals surface area contributed by atoms with Crippen LogP contribution in [0.15, 0.2) is 24.5 Å². The number of carbonyl (C=O) groups excluding carboxylic acids is 1. The van der Waals surface area contributed by atoms with E-state index >= 15 is 0 Å². The molecule has 0 atom stereocenters. The number of hydrogen-bond donors (Lipinski definition) is 3. The van der Waals surface area contributed by atoms with E-state index in [1.165, 1.54) is 0 Å². The first-order chi connectivity index (χ1) is 17.1. The number of aliphatic hydroxyl groups is 1. The zero-order valence-corrected chi connectivity index (χ0v) is 21.2. The lowest BCUT2D eigenvalue weighted by atomic mass is 9.72. The van der Waals surface area contributed by atoms with E-state index in [-0.39, 0.29) is 11.3 Å². The van der Waals surface area contributed by atoms with E-state index in [1.807, 2.05) is 17.2 Å². The Hall–Kier alpha value is -3.67. The Morgan fingerprint density at radius 3 is 2.64 bits per heavy atom. The van der Waals surface area contributed by atoms with Gasteiger partial charge >= 0.3 is 0 Å². The molecule has 2 saturated heterocycles. The van der Waals surface area contributed by atoms with Gasteiger partial charge in [-0.2, -0.15) is 5.10 Å². The minimum absolute atomic E-state index is 0.151. The van der Waals surface area contributed by atoms with Gasteiger partial charge in [0.05, 0.1) is 31.0 Å². The van der Waals surface area contributed by atoms with Gasteiger partial charge in [0.1, 0.15) is 17.5 Å². The summed E-state index contributed by atoms with van der Waals surface area (Å²) in [5, 5.41) is 24.8. The predicted octanol–water partition coefficient (Wildman–Crippen LogP) is 2.03. The Balaban J connectivity index is 1.39. The molecular weight excluding hydrogens is 462 g/mol. The summed E-state index contributed by atoms with van der Waals surface area (Å²) in [6.45, 7) is 8.90. The maximum atomic E-state index is 11.7. The minimum atomic E-state index is -0.887. The molecule has 1 spiro atoms. The van der Waals surface area contributed by atoms with E-state index in [0.717, 1.165) is 50.4 Å². The van der Waals surface area contributed by atoms with E-state index in [4.69, 9.17) is 14.7 Å². The maximum Gasteiger partial charge on any atom is 0.234 e. The summed E-state index contributed by atoms with van der Waals surface area (Å²) in [6, 6.07) is 3.68. The highest BCUT2D eigenvalue weighted by molar-refractivity contribution is 5.73. The quantitative estimate of drug-likeness (QED) is 0.449. The molecule has 2 fully saturated rings. The van der Waals surface area contributed by atoms with Crippen molar-refractivity contribution in [1.29, 1.82) is 0 Å². The van der Waals surface area contributed by atoms with Gasteiger partial charge in [0.25, 0.3) is 0 Å². The fourth-order valence-corrected chi connectivity index (χ4v) is 4.90. The zero-order valence-electron chi connectivity index (χ0n) is 21.2. The first-order valence-corrected chi connectivity index (χ1v) is 12.1. The van der Waals surface area contributed by atoms with Gasteiger partial charge in [0.2, 0.25) is 11.8 Å². The number of rotatable bonds is 7. The van der Waals surface area contributed by atoms with Crippen molar-refractivity contribution in [3.05, 3.63) is 24.5 Å². The fraction of sp³-hybridized carbons (Fsp3) is 0.542. The summed E-state index contributed by atoms with van der Waals surface area (Å²) < 4.78 is 6.86. The van der Waals surface area contributed by atoms with Crippen LogP contribution in [0.4, 0.5) is 17.5 Å². The molecule has 2 aliphatic rings. The molecule has 0 radical (unpaired) electrons. The van der Waals surface area contributed by atoms with Crippen molar-refractivity contribution in [1.82, 2.24) is 34.8 Å². The number of piperidine rings is 1. The van der Waals surface area contributed by atoms with Crippen molar-refractivity contribution in [2.24, 2.45) is 5.41 Å². The highest BCUT2D eigenvalue weighted by atomic mass is 16.5. The number of aromatic amines is 1. The van der Waals surface area contributed by atoms with Crippen LogP contribution in [0.5, 0.6) is 5.88 Å². The molecule has 0 bridgehead atoms. The summed E-state index contributed by atoms with van der Waals surface area (Å²) in [5.41, 5.74) is 0.0951. The summed E-state index contributed by atoms with van der Waals surface area (Å²) >= 11 is 0. The number of amides is 1. The molecule has 0 unspecified atom stereocenters. The number of H-pyrrole nitrogens is 1. The number of methoxy groups -OCH3 is 1. The van der Waals surface area contributed by atoms with Gasteiger partial charge in [-0.15, -0.1) is 5.10 Å². The molecule has 12 heteroatoms. The zero-order chi connectivity index (χ0) is 25.5. The molecule has 36 heavy (non-hydrogen) atoms. The molecule has 192 valence electrons. The second kappa shape index (κ2) is 9.08. The van der Waals surface area contributed by atoms with Crippen LogP contribution in [0.1, 0.15) is 33.6 Å². The fourth-order valence-electron chi connectivity index (χ4n) is 4.90. The number of aromatic nitrogens is 6. The largest absolute Gasteiger partial charge is 0.480 e. The summed E-state index contributed by atoms with van der Waals surface area (Å²) in [7, 11) is 1.56. The van der Waals surface area contributed by atoms with E-state index in [2.05, 4.69) is 25.5 Å².